The molecule has 0 saturated carbocycles. The number of benzene rings is 2. The molecule has 6 heteroatoms. The number of hydrogen-bond donors (Lipinski definition) is 1. The monoisotopic (exact) mass is 327 g/mol. The summed E-state index contributed by atoms with van der Waals surface area (Å²) in [5, 5.41) is 2.45. The second-order valence-electron chi connectivity index (χ2n) is 5.31. The van der Waals surface area contributed by atoms with Gasteiger partial charge in [0.05, 0.1) is 7.11 Å². The van der Waals surface area contributed by atoms with E-state index in [1.165, 1.54) is 7.11 Å². The Kier molecular flexibility index (Phi) is 4.65. The highest BCUT2D eigenvalue weighted by molar-refractivity contribution is 5.85. The van der Waals surface area contributed by atoms with Gasteiger partial charge >= 0.3 is 12.1 Å². The van der Waals surface area contributed by atoms with E-state index >= 15 is 0 Å². The number of rotatable bonds is 5. The highest BCUT2D eigenvalue weighted by atomic mass is 16.6. The number of ether oxygens (including phenoxy) is 3. The summed E-state index contributed by atoms with van der Waals surface area (Å²) in [5.41, 5.74) is 1.76. The summed E-state index contributed by atoms with van der Waals surface area (Å²) < 4.78 is 15.6. The topological polar surface area (TPSA) is 73.9 Å². The average Bonchev–Trinajstić information content (AvgIpc) is 3.02. The Morgan fingerprint density at radius 3 is 2.50 bits per heavy atom. The van der Waals surface area contributed by atoms with Gasteiger partial charge in [-0.1, -0.05) is 42.5 Å². The number of methoxy groups -OCH3 is 1. The minimum Gasteiger partial charge on any atom is -0.489 e. The van der Waals surface area contributed by atoms with Crippen molar-refractivity contribution in [3.05, 3.63) is 65.7 Å². The maximum atomic E-state index is 11.7. The SMILES string of the molecule is COC(=O)[C@H]1NC(=O)O[C@@H]1c1ccc(OCc2ccccc2)cc1. The highest BCUT2D eigenvalue weighted by Crippen LogP contribution is 2.28. The van der Waals surface area contributed by atoms with Crippen molar-refractivity contribution in [3.63, 3.8) is 0 Å². The molecule has 0 unspecified atom stereocenters. The molecule has 0 radical (unpaired) electrons. The van der Waals surface area contributed by atoms with E-state index in [-0.39, 0.29) is 0 Å². The third-order valence-corrected chi connectivity index (χ3v) is 3.72. The first kappa shape index (κ1) is 15.9. The standard InChI is InChI=1S/C18H17NO5/c1-22-17(20)15-16(24-18(21)19-15)13-7-9-14(10-8-13)23-11-12-5-3-2-4-6-12/h2-10,15-16H,11H2,1H3,(H,19,21)/t15-,16+/m0/s1. The maximum Gasteiger partial charge on any atom is 0.408 e. The lowest BCUT2D eigenvalue weighted by Gasteiger charge is -2.15. The van der Waals surface area contributed by atoms with Crippen molar-refractivity contribution in [2.45, 2.75) is 18.8 Å². The van der Waals surface area contributed by atoms with Gasteiger partial charge in [0.15, 0.2) is 12.1 Å². The number of cyclic esters (lactones) is 1. The van der Waals surface area contributed by atoms with Gasteiger partial charge in [0, 0.05) is 0 Å². The number of esters is 1. The van der Waals surface area contributed by atoms with Crippen LogP contribution in [-0.2, 0) is 20.9 Å². The number of carbonyl (C=O) groups excluding carboxylic acids is 2. The fraction of sp³-hybridized carbons (Fsp3) is 0.222. The first-order chi connectivity index (χ1) is 11.7. The van der Waals surface area contributed by atoms with Crippen LogP contribution in [0.2, 0.25) is 0 Å². The van der Waals surface area contributed by atoms with E-state index in [0.717, 1.165) is 5.56 Å². The van der Waals surface area contributed by atoms with Crippen LogP contribution in [0, 0.1) is 0 Å². The molecule has 2 aromatic rings. The summed E-state index contributed by atoms with van der Waals surface area (Å²) >= 11 is 0. The van der Waals surface area contributed by atoms with Crippen LogP contribution in [0.25, 0.3) is 0 Å². The van der Waals surface area contributed by atoms with Crippen molar-refractivity contribution in [2.24, 2.45) is 0 Å². The van der Waals surface area contributed by atoms with Crippen LogP contribution in [0.1, 0.15) is 17.2 Å². The number of nitrogens with one attached hydrogen (secondary N) is 1. The Labute approximate surface area is 139 Å². The molecule has 0 spiro atoms. The third-order valence-electron chi connectivity index (χ3n) is 3.72. The summed E-state index contributed by atoms with van der Waals surface area (Å²) in [6.07, 6.45) is -1.35. The van der Waals surface area contributed by atoms with Crippen molar-refractivity contribution in [1.82, 2.24) is 5.32 Å². The lowest BCUT2D eigenvalue weighted by atomic mass is 10.0. The number of amides is 1. The van der Waals surface area contributed by atoms with E-state index in [4.69, 9.17) is 9.47 Å². The molecule has 1 saturated heterocycles. The Balaban J connectivity index is 1.67. The maximum absolute atomic E-state index is 11.7. The molecule has 1 fully saturated rings. The van der Waals surface area contributed by atoms with Crippen molar-refractivity contribution in [1.29, 1.82) is 0 Å². The van der Waals surface area contributed by atoms with Crippen molar-refractivity contribution in [3.8, 4) is 5.75 Å². The van der Waals surface area contributed by atoms with Gasteiger partial charge in [0.1, 0.15) is 12.4 Å². The molecule has 2 atom stereocenters. The van der Waals surface area contributed by atoms with Crippen LogP contribution in [-0.4, -0.2) is 25.2 Å². The van der Waals surface area contributed by atoms with Crippen LogP contribution >= 0.6 is 0 Å². The van der Waals surface area contributed by atoms with Gasteiger partial charge in [0.25, 0.3) is 0 Å². The molecule has 1 N–H and O–H groups in total. The normalized spacial score (nSPS) is 19.3. The molecule has 1 amide bonds. The van der Waals surface area contributed by atoms with Gasteiger partial charge < -0.3 is 19.5 Å². The van der Waals surface area contributed by atoms with Crippen LogP contribution < -0.4 is 10.1 Å². The van der Waals surface area contributed by atoms with E-state index in [0.29, 0.717) is 17.9 Å². The minimum absolute atomic E-state index is 0.463. The second-order valence-corrected chi connectivity index (χ2v) is 5.31. The molecule has 0 aromatic heterocycles. The van der Waals surface area contributed by atoms with Gasteiger partial charge in [-0.2, -0.15) is 0 Å². The smallest absolute Gasteiger partial charge is 0.408 e. The van der Waals surface area contributed by atoms with E-state index in [2.05, 4.69) is 10.1 Å². The highest BCUT2D eigenvalue weighted by Gasteiger charge is 2.41. The predicted octanol–water partition coefficient (Wildman–Crippen LogP) is 2.59. The summed E-state index contributed by atoms with van der Waals surface area (Å²) in [5.74, 6) is 0.143. The van der Waals surface area contributed by atoms with Crippen molar-refractivity contribution < 1.29 is 23.8 Å². The average molecular weight is 327 g/mol. The van der Waals surface area contributed by atoms with Crippen molar-refractivity contribution in [2.75, 3.05) is 7.11 Å². The second kappa shape index (κ2) is 7.04. The minimum atomic E-state index is -0.849. The molecule has 6 nitrogen and oxygen atoms in total. The summed E-state index contributed by atoms with van der Waals surface area (Å²) in [6, 6.07) is 16.1. The van der Waals surface area contributed by atoms with E-state index < -0.39 is 24.2 Å². The Morgan fingerprint density at radius 2 is 1.83 bits per heavy atom. The summed E-state index contributed by atoms with van der Waals surface area (Å²) in [6.45, 7) is 0.463. The molecule has 124 valence electrons. The van der Waals surface area contributed by atoms with E-state index in [1.54, 1.807) is 24.3 Å². The zero-order valence-electron chi connectivity index (χ0n) is 13.1. The van der Waals surface area contributed by atoms with Gasteiger partial charge in [0.2, 0.25) is 0 Å². The Morgan fingerprint density at radius 1 is 1.12 bits per heavy atom. The zero-order chi connectivity index (χ0) is 16.9. The third kappa shape index (κ3) is 3.48. The van der Waals surface area contributed by atoms with Gasteiger partial charge in [-0.25, -0.2) is 9.59 Å². The van der Waals surface area contributed by atoms with Gasteiger partial charge in [-0.3, -0.25) is 0 Å². The quantitative estimate of drug-likeness (QED) is 0.855. The first-order valence-corrected chi connectivity index (χ1v) is 7.49. The molecule has 0 aliphatic carbocycles. The molecule has 1 aliphatic heterocycles. The fourth-order valence-corrected chi connectivity index (χ4v) is 2.48. The molecular weight excluding hydrogens is 310 g/mol. The Bertz CT molecular complexity index is 714. The van der Waals surface area contributed by atoms with E-state index in [9.17, 15) is 9.59 Å². The zero-order valence-corrected chi connectivity index (χ0v) is 13.1. The van der Waals surface area contributed by atoms with Crippen LogP contribution in [0.5, 0.6) is 5.75 Å². The largest absolute Gasteiger partial charge is 0.489 e. The molecule has 3 rings (SSSR count). The molecule has 1 aliphatic rings. The molecule has 1 heterocycles. The first-order valence-electron chi connectivity index (χ1n) is 7.49. The Hall–Kier alpha value is -3.02. The summed E-state index contributed by atoms with van der Waals surface area (Å²) in [7, 11) is 1.27. The fourth-order valence-electron chi connectivity index (χ4n) is 2.48. The molecule has 24 heavy (non-hydrogen) atoms. The van der Waals surface area contributed by atoms with Crippen LogP contribution in [0.3, 0.4) is 0 Å². The molecular formula is C18H17NO5. The van der Waals surface area contributed by atoms with Crippen molar-refractivity contribution >= 4 is 12.1 Å². The lowest BCUT2D eigenvalue weighted by Crippen LogP contribution is -2.36. The van der Waals surface area contributed by atoms with Crippen LogP contribution in [0.15, 0.2) is 54.6 Å². The van der Waals surface area contributed by atoms with Crippen LogP contribution in [0.4, 0.5) is 4.79 Å². The lowest BCUT2D eigenvalue weighted by molar-refractivity contribution is -0.144. The number of carbonyl (C=O) groups is 2. The molecule has 2 aromatic carbocycles. The van der Waals surface area contributed by atoms with E-state index in [1.807, 2.05) is 30.3 Å². The number of hydrogen-bond acceptors (Lipinski definition) is 5. The van der Waals surface area contributed by atoms with Gasteiger partial charge in [-0.15, -0.1) is 0 Å². The summed E-state index contributed by atoms with van der Waals surface area (Å²) in [4.78, 5) is 23.1. The van der Waals surface area contributed by atoms with Gasteiger partial charge in [-0.05, 0) is 23.3 Å². The number of alkyl carbamates (subject to hydrolysis) is 1. The predicted molar refractivity (Wildman–Crippen MR) is 85.4 cm³/mol. The molecule has 0 bridgehead atoms.